The van der Waals surface area contributed by atoms with Crippen LogP contribution in [0.4, 0.5) is 0 Å². The van der Waals surface area contributed by atoms with E-state index in [0.29, 0.717) is 6.54 Å². The summed E-state index contributed by atoms with van der Waals surface area (Å²) in [7, 11) is 0. The average molecular weight is 249 g/mol. The van der Waals surface area contributed by atoms with Crippen LogP contribution in [-0.4, -0.2) is 35.4 Å². The third-order valence-electron chi connectivity index (χ3n) is 3.62. The predicted molar refractivity (Wildman–Crippen MR) is 63.8 cm³/mol. The molecule has 96 valence electrons. The molecule has 0 spiro atoms. The number of rotatable bonds is 3. The Balaban J connectivity index is 1.79. The maximum Gasteiger partial charge on any atom is 0.320 e. The Labute approximate surface area is 105 Å². The summed E-state index contributed by atoms with van der Waals surface area (Å²) in [6.07, 6.45) is 0.735. The third-order valence-corrected chi connectivity index (χ3v) is 3.62. The van der Waals surface area contributed by atoms with Crippen molar-refractivity contribution in [3.63, 3.8) is 0 Å². The van der Waals surface area contributed by atoms with Crippen molar-refractivity contribution in [2.75, 3.05) is 13.3 Å². The lowest BCUT2D eigenvalue weighted by Gasteiger charge is -2.38. The molecule has 5 heteroatoms. The highest BCUT2D eigenvalue weighted by Gasteiger charge is 2.34. The molecule has 2 aliphatic rings. The number of hydrogen-bond acceptors (Lipinski definition) is 4. The first-order chi connectivity index (χ1) is 8.65. The predicted octanol–water partition coefficient (Wildman–Crippen LogP) is 1.38. The third kappa shape index (κ3) is 1.80. The van der Waals surface area contributed by atoms with E-state index in [1.165, 1.54) is 0 Å². The van der Waals surface area contributed by atoms with Crippen molar-refractivity contribution in [2.45, 2.75) is 25.9 Å². The van der Waals surface area contributed by atoms with E-state index < -0.39 is 5.97 Å². The van der Waals surface area contributed by atoms with E-state index in [-0.39, 0.29) is 12.8 Å². The summed E-state index contributed by atoms with van der Waals surface area (Å²) in [6, 6.07) is 3.57. The normalized spacial score (nSPS) is 21.7. The Bertz CT molecular complexity index is 500. The molecule has 1 aromatic rings. The van der Waals surface area contributed by atoms with Crippen molar-refractivity contribution >= 4 is 5.97 Å². The van der Waals surface area contributed by atoms with Crippen LogP contribution in [0.5, 0.6) is 11.5 Å². The number of fused-ring (bicyclic) bond motifs is 1. The highest BCUT2D eigenvalue weighted by Crippen LogP contribution is 2.35. The van der Waals surface area contributed by atoms with Crippen LogP contribution in [0.2, 0.25) is 0 Å². The summed E-state index contributed by atoms with van der Waals surface area (Å²) >= 11 is 0. The lowest BCUT2D eigenvalue weighted by molar-refractivity contribution is -0.148. The fraction of sp³-hybridized carbons (Fsp3) is 0.462. The van der Waals surface area contributed by atoms with Crippen LogP contribution >= 0.6 is 0 Å². The maximum absolute atomic E-state index is 11.0. The minimum atomic E-state index is -0.736. The molecule has 1 unspecified atom stereocenters. The van der Waals surface area contributed by atoms with Crippen LogP contribution < -0.4 is 9.47 Å². The molecule has 1 atom stereocenters. The number of carboxylic acid groups (broad SMARTS) is 1. The lowest BCUT2D eigenvalue weighted by atomic mass is 10.00. The van der Waals surface area contributed by atoms with Gasteiger partial charge in [-0.1, -0.05) is 0 Å². The first-order valence-corrected chi connectivity index (χ1v) is 6.01. The van der Waals surface area contributed by atoms with Gasteiger partial charge in [0.25, 0.3) is 0 Å². The Morgan fingerprint density at radius 1 is 1.44 bits per heavy atom. The number of likely N-dealkylation sites (tertiary alicyclic amines) is 1. The van der Waals surface area contributed by atoms with Crippen molar-refractivity contribution in [2.24, 2.45) is 0 Å². The van der Waals surface area contributed by atoms with E-state index in [1.54, 1.807) is 0 Å². The molecule has 1 N–H and O–H groups in total. The molecule has 0 aliphatic carbocycles. The van der Waals surface area contributed by atoms with Crippen LogP contribution in [-0.2, 0) is 11.3 Å². The first kappa shape index (κ1) is 11.3. The number of nitrogens with zero attached hydrogens (tertiary/aromatic N) is 1. The summed E-state index contributed by atoms with van der Waals surface area (Å²) in [5.74, 6) is 0.789. The number of aliphatic carboxylic acids is 1. The summed E-state index contributed by atoms with van der Waals surface area (Å²) in [5, 5.41) is 9.02. The second-order valence-corrected chi connectivity index (χ2v) is 4.75. The molecular weight excluding hydrogens is 234 g/mol. The molecule has 3 rings (SSSR count). The molecule has 1 fully saturated rings. The summed E-state index contributed by atoms with van der Waals surface area (Å²) in [5.41, 5.74) is 2.21. The summed E-state index contributed by atoms with van der Waals surface area (Å²) < 4.78 is 10.7. The van der Waals surface area contributed by atoms with Crippen molar-refractivity contribution in [1.29, 1.82) is 0 Å². The SMILES string of the molecule is Cc1cc2c(cc1CN1CCC1C(=O)O)OCO2. The van der Waals surface area contributed by atoms with Crippen LogP contribution in [0.15, 0.2) is 12.1 Å². The summed E-state index contributed by atoms with van der Waals surface area (Å²) in [6.45, 7) is 3.76. The van der Waals surface area contributed by atoms with Gasteiger partial charge in [-0.2, -0.15) is 0 Å². The number of hydrogen-bond donors (Lipinski definition) is 1. The van der Waals surface area contributed by atoms with E-state index in [1.807, 2.05) is 24.0 Å². The Morgan fingerprint density at radius 3 is 2.78 bits per heavy atom. The van der Waals surface area contributed by atoms with Gasteiger partial charge in [0, 0.05) is 13.1 Å². The monoisotopic (exact) mass is 249 g/mol. The average Bonchev–Trinajstić information content (AvgIpc) is 2.70. The molecule has 1 saturated heterocycles. The highest BCUT2D eigenvalue weighted by molar-refractivity contribution is 5.74. The molecule has 0 radical (unpaired) electrons. The smallest absolute Gasteiger partial charge is 0.320 e. The largest absolute Gasteiger partial charge is 0.480 e. The van der Waals surface area contributed by atoms with E-state index >= 15 is 0 Å². The number of aryl methyl sites for hydroxylation is 1. The van der Waals surface area contributed by atoms with Gasteiger partial charge in [-0.3, -0.25) is 9.69 Å². The zero-order chi connectivity index (χ0) is 12.7. The van der Waals surface area contributed by atoms with Gasteiger partial charge in [0.15, 0.2) is 11.5 Å². The van der Waals surface area contributed by atoms with Gasteiger partial charge in [-0.15, -0.1) is 0 Å². The Morgan fingerprint density at radius 2 is 2.17 bits per heavy atom. The quantitative estimate of drug-likeness (QED) is 0.877. The number of ether oxygens (including phenoxy) is 2. The standard InChI is InChI=1S/C13H15NO4/c1-8-4-11-12(18-7-17-11)5-9(8)6-14-3-2-10(14)13(15)16/h4-5,10H,2-3,6-7H2,1H3,(H,15,16). The molecule has 1 aromatic carbocycles. The van der Waals surface area contributed by atoms with Crippen LogP contribution in [0, 0.1) is 6.92 Å². The zero-order valence-electron chi connectivity index (χ0n) is 10.2. The molecule has 2 heterocycles. The molecule has 0 saturated carbocycles. The fourth-order valence-corrected chi connectivity index (χ4v) is 2.38. The molecule has 0 amide bonds. The lowest BCUT2D eigenvalue weighted by Crippen LogP contribution is -2.51. The van der Waals surface area contributed by atoms with Crippen molar-refractivity contribution in [3.05, 3.63) is 23.3 Å². The van der Waals surface area contributed by atoms with Crippen LogP contribution in [0.1, 0.15) is 17.5 Å². The van der Waals surface area contributed by atoms with E-state index in [9.17, 15) is 4.79 Å². The van der Waals surface area contributed by atoms with Gasteiger partial charge in [0.2, 0.25) is 6.79 Å². The highest BCUT2D eigenvalue weighted by atomic mass is 16.7. The second kappa shape index (κ2) is 4.17. The van der Waals surface area contributed by atoms with Gasteiger partial charge in [-0.25, -0.2) is 0 Å². The maximum atomic E-state index is 11.0. The topological polar surface area (TPSA) is 59.0 Å². The van der Waals surface area contributed by atoms with Crippen molar-refractivity contribution in [3.8, 4) is 11.5 Å². The molecule has 5 nitrogen and oxygen atoms in total. The molecule has 2 aliphatic heterocycles. The molecule has 0 bridgehead atoms. The van der Waals surface area contributed by atoms with Gasteiger partial charge in [0.05, 0.1) is 0 Å². The zero-order valence-corrected chi connectivity index (χ0v) is 10.2. The number of benzene rings is 1. The van der Waals surface area contributed by atoms with E-state index in [2.05, 4.69) is 0 Å². The summed E-state index contributed by atoms with van der Waals surface area (Å²) in [4.78, 5) is 12.9. The van der Waals surface area contributed by atoms with E-state index in [4.69, 9.17) is 14.6 Å². The molecule has 18 heavy (non-hydrogen) atoms. The minimum absolute atomic E-state index is 0.264. The Kier molecular flexibility index (Phi) is 2.63. The number of carboxylic acids is 1. The molecular formula is C13H15NO4. The molecule has 0 aromatic heterocycles. The second-order valence-electron chi connectivity index (χ2n) is 4.75. The van der Waals surface area contributed by atoms with Gasteiger partial charge in [0.1, 0.15) is 6.04 Å². The number of carbonyl (C=O) groups is 1. The van der Waals surface area contributed by atoms with Gasteiger partial charge < -0.3 is 14.6 Å². The van der Waals surface area contributed by atoms with Crippen molar-refractivity contribution < 1.29 is 19.4 Å². The van der Waals surface area contributed by atoms with Crippen LogP contribution in [0.3, 0.4) is 0 Å². The Hall–Kier alpha value is -1.75. The van der Waals surface area contributed by atoms with Gasteiger partial charge in [-0.05, 0) is 36.6 Å². The van der Waals surface area contributed by atoms with E-state index in [0.717, 1.165) is 35.6 Å². The van der Waals surface area contributed by atoms with Crippen LogP contribution in [0.25, 0.3) is 0 Å². The fourth-order valence-electron chi connectivity index (χ4n) is 2.38. The minimum Gasteiger partial charge on any atom is -0.480 e. The van der Waals surface area contributed by atoms with Gasteiger partial charge >= 0.3 is 5.97 Å². The first-order valence-electron chi connectivity index (χ1n) is 6.01. The van der Waals surface area contributed by atoms with Crippen molar-refractivity contribution in [1.82, 2.24) is 4.90 Å².